The van der Waals surface area contributed by atoms with E-state index in [2.05, 4.69) is 28.6 Å². The van der Waals surface area contributed by atoms with Gasteiger partial charge in [-0.25, -0.2) is 0 Å². The number of benzene rings is 1. The van der Waals surface area contributed by atoms with Crippen molar-refractivity contribution in [3.63, 3.8) is 0 Å². The molecule has 1 amide bonds. The molecule has 2 heterocycles. The molecular weight excluding hydrogens is 242 g/mol. The summed E-state index contributed by atoms with van der Waals surface area (Å²) in [5.41, 5.74) is 1.97. The van der Waals surface area contributed by atoms with Crippen molar-refractivity contribution in [2.75, 3.05) is 25.5 Å². The number of carbonyl (C=O) groups is 1. The summed E-state index contributed by atoms with van der Waals surface area (Å²) in [5.74, 6) is 0.671. The highest BCUT2D eigenvalue weighted by Gasteiger charge is 2.25. The van der Waals surface area contributed by atoms with Crippen LogP contribution in [0, 0.1) is 0 Å². The van der Waals surface area contributed by atoms with Gasteiger partial charge in [-0.3, -0.25) is 9.69 Å². The van der Waals surface area contributed by atoms with Crippen LogP contribution in [0.25, 0.3) is 0 Å². The molecule has 2 N–H and O–H groups in total. The fourth-order valence-corrected chi connectivity index (χ4v) is 2.36. The van der Waals surface area contributed by atoms with Crippen molar-refractivity contribution in [1.29, 1.82) is 0 Å². The number of anilines is 1. The van der Waals surface area contributed by atoms with Gasteiger partial charge in [-0.05, 0) is 31.7 Å². The Morgan fingerprint density at radius 1 is 1.42 bits per heavy atom. The SMILES string of the molecule is CC1Oc2ccc(CN(C)C3CNC3)cc2NC1=O. The smallest absolute Gasteiger partial charge is 0.265 e. The van der Waals surface area contributed by atoms with Crippen molar-refractivity contribution in [1.82, 2.24) is 10.2 Å². The fraction of sp³-hybridized carbons (Fsp3) is 0.500. The van der Waals surface area contributed by atoms with Crippen LogP contribution in [0.15, 0.2) is 18.2 Å². The van der Waals surface area contributed by atoms with Crippen molar-refractivity contribution in [3.8, 4) is 5.75 Å². The summed E-state index contributed by atoms with van der Waals surface area (Å²) in [7, 11) is 2.13. The molecule has 0 spiro atoms. The number of hydrogen-bond acceptors (Lipinski definition) is 4. The molecule has 1 aromatic rings. The van der Waals surface area contributed by atoms with Gasteiger partial charge < -0.3 is 15.4 Å². The fourth-order valence-electron chi connectivity index (χ4n) is 2.36. The molecule has 1 saturated heterocycles. The Bertz CT molecular complexity index is 499. The van der Waals surface area contributed by atoms with Crippen LogP contribution in [-0.4, -0.2) is 43.1 Å². The largest absolute Gasteiger partial charge is 0.479 e. The second kappa shape index (κ2) is 4.83. The van der Waals surface area contributed by atoms with Crippen LogP contribution in [0.1, 0.15) is 12.5 Å². The van der Waals surface area contributed by atoms with Crippen LogP contribution >= 0.6 is 0 Å². The number of ether oxygens (including phenoxy) is 1. The van der Waals surface area contributed by atoms with Crippen molar-refractivity contribution >= 4 is 11.6 Å². The van der Waals surface area contributed by atoms with Crippen molar-refractivity contribution in [2.24, 2.45) is 0 Å². The first-order valence-electron chi connectivity index (χ1n) is 6.65. The molecule has 5 nitrogen and oxygen atoms in total. The lowest BCUT2D eigenvalue weighted by atomic mass is 10.1. The Kier molecular flexibility index (Phi) is 3.16. The van der Waals surface area contributed by atoms with Gasteiger partial charge in [0.2, 0.25) is 0 Å². The predicted octanol–water partition coefficient (Wildman–Crippen LogP) is 0.810. The van der Waals surface area contributed by atoms with E-state index in [-0.39, 0.29) is 5.91 Å². The average molecular weight is 261 g/mol. The number of nitrogens with one attached hydrogen (secondary N) is 2. The van der Waals surface area contributed by atoms with Crippen LogP contribution in [0.2, 0.25) is 0 Å². The van der Waals surface area contributed by atoms with E-state index < -0.39 is 6.10 Å². The summed E-state index contributed by atoms with van der Waals surface area (Å²) in [6.07, 6.45) is -0.415. The van der Waals surface area contributed by atoms with Crippen LogP contribution in [0.4, 0.5) is 5.69 Å². The monoisotopic (exact) mass is 261 g/mol. The molecule has 1 atom stereocenters. The zero-order chi connectivity index (χ0) is 13.4. The van der Waals surface area contributed by atoms with Gasteiger partial charge in [-0.15, -0.1) is 0 Å². The number of nitrogens with zero attached hydrogens (tertiary/aromatic N) is 1. The average Bonchev–Trinajstić information content (AvgIpc) is 2.28. The van der Waals surface area contributed by atoms with Gasteiger partial charge in [-0.1, -0.05) is 6.07 Å². The summed E-state index contributed by atoms with van der Waals surface area (Å²) in [5, 5.41) is 6.16. The van der Waals surface area contributed by atoms with Gasteiger partial charge in [-0.2, -0.15) is 0 Å². The van der Waals surface area contributed by atoms with E-state index in [1.54, 1.807) is 6.92 Å². The van der Waals surface area contributed by atoms with Crippen LogP contribution in [0.5, 0.6) is 5.75 Å². The summed E-state index contributed by atoms with van der Waals surface area (Å²) in [6, 6.07) is 6.61. The van der Waals surface area contributed by atoms with Crippen LogP contribution < -0.4 is 15.4 Å². The van der Waals surface area contributed by atoms with Gasteiger partial charge >= 0.3 is 0 Å². The lowest BCUT2D eigenvalue weighted by molar-refractivity contribution is -0.122. The van der Waals surface area contributed by atoms with E-state index in [0.717, 1.165) is 31.1 Å². The van der Waals surface area contributed by atoms with E-state index in [9.17, 15) is 4.79 Å². The zero-order valence-electron chi connectivity index (χ0n) is 11.3. The van der Waals surface area contributed by atoms with E-state index in [1.807, 2.05) is 12.1 Å². The molecule has 0 bridgehead atoms. The number of amides is 1. The Labute approximate surface area is 112 Å². The molecule has 2 aliphatic heterocycles. The Hall–Kier alpha value is -1.59. The predicted molar refractivity (Wildman–Crippen MR) is 73.3 cm³/mol. The first-order valence-corrected chi connectivity index (χ1v) is 6.65. The molecule has 19 heavy (non-hydrogen) atoms. The third kappa shape index (κ3) is 2.43. The van der Waals surface area contributed by atoms with Gasteiger partial charge in [0, 0.05) is 25.7 Å². The maximum absolute atomic E-state index is 11.6. The first-order chi connectivity index (χ1) is 9.13. The highest BCUT2D eigenvalue weighted by atomic mass is 16.5. The van der Waals surface area contributed by atoms with Crippen molar-refractivity contribution in [2.45, 2.75) is 25.6 Å². The molecule has 3 rings (SSSR count). The van der Waals surface area contributed by atoms with Crippen LogP contribution in [-0.2, 0) is 11.3 Å². The Morgan fingerprint density at radius 3 is 2.89 bits per heavy atom. The second-order valence-electron chi connectivity index (χ2n) is 5.31. The van der Waals surface area contributed by atoms with Crippen molar-refractivity contribution < 1.29 is 9.53 Å². The highest BCUT2D eigenvalue weighted by Crippen LogP contribution is 2.30. The minimum atomic E-state index is -0.415. The topological polar surface area (TPSA) is 53.6 Å². The Balaban J connectivity index is 1.74. The normalized spacial score (nSPS) is 22.5. The van der Waals surface area contributed by atoms with Gasteiger partial charge in [0.25, 0.3) is 5.91 Å². The molecule has 5 heteroatoms. The maximum atomic E-state index is 11.6. The summed E-state index contributed by atoms with van der Waals surface area (Å²) in [4.78, 5) is 13.9. The molecule has 0 radical (unpaired) electrons. The summed E-state index contributed by atoms with van der Waals surface area (Å²) >= 11 is 0. The van der Waals surface area contributed by atoms with Crippen LogP contribution in [0.3, 0.4) is 0 Å². The number of fused-ring (bicyclic) bond motifs is 1. The van der Waals surface area contributed by atoms with Gasteiger partial charge in [0.05, 0.1) is 5.69 Å². The number of hydrogen-bond donors (Lipinski definition) is 2. The van der Waals surface area contributed by atoms with Gasteiger partial charge in [0.15, 0.2) is 6.10 Å². The molecule has 0 saturated carbocycles. The lowest BCUT2D eigenvalue weighted by Crippen LogP contribution is -2.55. The molecule has 1 aromatic carbocycles. The molecule has 1 fully saturated rings. The molecule has 0 aromatic heterocycles. The highest BCUT2D eigenvalue weighted by molar-refractivity contribution is 5.97. The van der Waals surface area contributed by atoms with E-state index >= 15 is 0 Å². The number of likely N-dealkylation sites (N-methyl/N-ethyl adjacent to an activating group) is 1. The molecular formula is C14H19N3O2. The lowest BCUT2D eigenvalue weighted by Gasteiger charge is -2.35. The summed E-state index contributed by atoms with van der Waals surface area (Å²) in [6.45, 7) is 4.74. The third-order valence-electron chi connectivity index (χ3n) is 3.79. The molecule has 1 unspecified atom stereocenters. The maximum Gasteiger partial charge on any atom is 0.265 e. The van der Waals surface area contributed by atoms with E-state index in [4.69, 9.17) is 4.74 Å². The quantitative estimate of drug-likeness (QED) is 0.845. The minimum Gasteiger partial charge on any atom is -0.479 e. The second-order valence-corrected chi connectivity index (χ2v) is 5.31. The molecule has 2 aliphatic rings. The standard InChI is InChI=1S/C14H19N3O2/c1-9-14(18)16-12-5-10(3-4-13(12)19-9)8-17(2)11-6-15-7-11/h3-5,9,11,15H,6-8H2,1-2H3,(H,16,18). The summed E-state index contributed by atoms with van der Waals surface area (Å²) < 4.78 is 5.55. The van der Waals surface area contributed by atoms with E-state index in [1.165, 1.54) is 5.56 Å². The molecule has 0 aliphatic carbocycles. The van der Waals surface area contributed by atoms with Crippen molar-refractivity contribution in [3.05, 3.63) is 23.8 Å². The minimum absolute atomic E-state index is 0.0822. The zero-order valence-corrected chi connectivity index (χ0v) is 11.3. The first kappa shape index (κ1) is 12.4. The number of rotatable bonds is 3. The molecule has 102 valence electrons. The Morgan fingerprint density at radius 2 is 2.21 bits per heavy atom. The third-order valence-corrected chi connectivity index (χ3v) is 3.79. The number of carbonyl (C=O) groups excluding carboxylic acids is 1. The van der Waals surface area contributed by atoms with Gasteiger partial charge in [0.1, 0.15) is 5.75 Å². The van der Waals surface area contributed by atoms with E-state index in [0.29, 0.717) is 6.04 Å².